The van der Waals surface area contributed by atoms with Gasteiger partial charge in [-0.15, -0.1) is 0 Å². The maximum absolute atomic E-state index is 5.94. The van der Waals surface area contributed by atoms with E-state index in [4.69, 9.17) is 21.9 Å². The average molecular weight is 237 g/mol. The SMILES string of the molecule is CC(C)c1c(-c2cccc(Cl)c2)noc1N. The fraction of sp³-hybridized carbons (Fsp3) is 0.250. The van der Waals surface area contributed by atoms with Crippen molar-refractivity contribution in [2.45, 2.75) is 19.8 Å². The van der Waals surface area contributed by atoms with E-state index in [1.807, 2.05) is 24.3 Å². The summed E-state index contributed by atoms with van der Waals surface area (Å²) in [6, 6.07) is 7.50. The van der Waals surface area contributed by atoms with Crippen molar-refractivity contribution < 1.29 is 4.52 Å². The fourth-order valence-electron chi connectivity index (χ4n) is 1.71. The molecule has 2 rings (SSSR count). The number of nitrogens with zero attached hydrogens (tertiary/aromatic N) is 1. The molecule has 2 aromatic rings. The number of aromatic nitrogens is 1. The van der Waals surface area contributed by atoms with E-state index in [1.54, 1.807) is 0 Å². The van der Waals surface area contributed by atoms with Crippen molar-refractivity contribution in [1.29, 1.82) is 0 Å². The number of hydrogen-bond acceptors (Lipinski definition) is 3. The quantitative estimate of drug-likeness (QED) is 0.865. The van der Waals surface area contributed by atoms with Gasteiger partial charge < -0.3 is 10.3 Å². The van der Waals surface area contributed by atoms with Crippen LogP contribution in [0.1, 0.15) is 25.3 Å². The van der Waals surface area contributed by atoms with Crippen LogP contribution >= 0.6 is 11.6 Å². The molecule has 0 aliphatic heterocycles. The summed E-state index contributed by atoms with van der Waals surface area (Å²) in [4.78, 5) is 0. The highest BCUT2D eigenvalue weighted by atomic mass is 35.5. The van der Waals surface area contributed by atoms with Crippen LogP contribution in [0.4, 0.5) is 5.88 Å². The van der Waals surface area contributed by atoms with E-state index in [0.29, 0.717) is 10.9 Å². The molecule has 0 aliphatic carbocycles. The first kappa shape index (κ1) is 11.0. The molecule has 1 aromatic heterocycles. The lowest BCUT2D eigenvalue weighted by Crippen LogP contribution is -1.94. The van der Waals surface area contributed by atoms with Gasteiger partial charge in [0.1, 0.15) is 5.69 Å². The van der Waals surface area contributed by atoms with E-state index in [0.717, 1.165) is 16.8 Å². The number of nitrogens with two attached hydrogens (primary N) is 1. The van der Waals surface area contributed by atoms with E-state index in [1.165, 1.54) is 0 Å². The smallest absolute Gasteiger partial charge is 0.226 e. The van der Waals surface area contributed by atoms with Crippen LogP contribution in [-0.2, 0) is 0 Å². The standard InChI is InChI=1S/C12H13ClN2O/c1-7(2)10-11(15-16-12(10)14)8-4-3-5-9(13)6-8/h3-7H,14H2,1-2H3. The molecule has 3 nitrogen and oxygen atoms in total. The molecule has 0 aliphatic rings. The lowest BCUT2D eigenvalue weighted by Gasteiger charge is -2.05. The summed E-state index contributed by atoms with van der Waals surface area (Å²) in [5.41, 5.74) is 8.39. The number of anilines is 1. The zero-order valence-electron chi connectivity index (χ0n) is 9.20. The van der Waals surface area contributed by atoms with Crippen LogP contribution in [-0.4, -0.2) is 5.16 Å². The van der Waals surface area contributed by atoms with Crippen molar-refractivity contribution in [1.82, 2.24) is 5.16 Å². The monoisotopic (exact) mass is 236 g/mol. The Hall–Kier alpha value is -1.48. The molecule has 84 valence electrons. The molecule has 0 spiro atoms. The van der Waals surface area contributed by atoms with E-state index < -0.39 is 0 Å². The molecular formula is C12H13ClN2O. The van der Waals surface area contributed by atoms with Gasteiger partial charge in [-0.3, -0.25) is 0 Å². The van der Waals surface area contributed by atoms with Gasteiger partial charge in [-0.2, -0.15) is 0 Å². The molecule has 0 unspecified atom stereocenters. The van der Waals surface area contributed by atoms with E-state index >= 15 is 0 Å². The lowest BCUT2D eigenvalue weighted by atomic mass is 9.99. The Bertz CT molecular complexity index is 505. The molecule has 16 heavy (non-hydrogen) atoms. The van der Waals surface area contributed by atoms with Crippen molar-refractivity contribution in [3.8, 4) is 11.3 Å². The first-order valence-corrected chi connectivity index (χ1v) is 5.48. The van der Waals surface area contributed by atoms with Crippen molar-refractivity contribution in [3.63, 3.8) is 0 Å². The third-order valence-corrected chi connectivity index (χ3v) is 2.67. The Morgan fingerprint density at radius 3 is 2.75 bits per heavy atom. The second-order valence-electron chi connectivity index (χ2n) is 3.97. The molecule has 0 radical (unpaired) electrons. The predicted octanol–water partition coefficient (Wildman–Crippen LogP) is 3.70. The molecule has 0 atom stereocenters. The highest BCUT2D eigenvalue weighted by molar-refractivity contribution is 6.30. The summed E-state index contributed by atoms with van der Waals surface area (Å²) in [5.74, 6) is 0.644. The topological polar surface area (TPSA) is 52.0 Å². The Morgan fingerprint density at radius 2 is 2.12 bits per heavy atom. The molecule has 1 aromatic carbocycles. The molecule has 0 saturated heterocycles. The van der Waals surface area contributed by atoms with Crippen molar-refractivity contribution >= 4 is 17.5 Å². The van der Waals surface area contributed by atoms with Crippen LogP contribution in [0.2, 0.25) is 5.02 Å². The van der Waals surface area contributed by atoms with Crippen LogP contribution < -0.4 is 5.73 Å². The molecule has 0 bridgehead atoms. The Morgan fingerprint density at radius 1 is 1.38 bits per heavy atom. The number of rotatable bonds is 2. The molecule has 0 saturated carbocycles. The van der Waals surface area contributed by atoms with Gasteiger partial charge in [0.2, 0.25) is 5.88 Å². The van der Waals surface area contributed by atoms with E-state index in [-0.39, 0.29) is 5.92 Å². The van der Waals surface area contributed by atoms with Crippen molar-refractivity contribution in [3.05, 3.63) is 34.9 Å². The van der Waals surface area contributed by atoms with Gasteiger partial charge in [0, 0.05) is 16.1 Å². The summed E-state index contributed by atoms with van der Waals surface area (Å²) in [7, 11) is 0. The van der Waals surface area contributed by atoms with Crippen molar-refractivity contribution in [2.75, 3.05) is 5.73 Å². The first-order valence-electron chi connectivity index (χ1n) is 5.10. The van der Waals surface area contributed by atoms with Gasteiger partial charge >= 0.3 is 0 Å². The van der Waals surface area contributed by atoms with Crippen LogP contribution in [0, 0.1) is 0 Å². The second kappa shape index (κ2) is 4.18. The summed E-state index contributed by atoms with van der Waals surface area (Å²) in [6.45, 7) is 4.11. The maximum Gasteiger partial charge on any atom is 0.226 e. The molecule has 0 amide bonds. The van der Waals surface area contributed by atoms with Crippen LogP contribution in [0.3, 0.4) is 0 Å². The Kier molecular flexibility index (Phi) is 2.88. The van der Waals surface area contributed by atoms with Crippen molar-refractivity contribution in [2.24, 2.45) is 0 Å². The van der Waals surface area contributed by atoms with Gasteiger partial charge in [0.05, 0.1) is 0 Å². The number of hydrogen-bond donors (Lipinski definition) is 1. The summed E-state index contributed by atoms with van der Waals surface area (Å²) < 4.78 is 5.04. The van der Waals surface area contributed by atoms with Gasteiger partial charge in [-0.25, -0.2) is 0 Å². The van der Waals surface area contributed by atoms with Gasteiger partial charge in [-0.1, -0.05) is 42.7 Å². The third kappa shape index (κ3) is 1.91. The van der Waals surface area contributed by atoms with Gasteiger partial charge in [-0.05, 0) is 18.1 Å². The zero-order chi connectivity index (χ0) is 11.7. The highest BCUT2D eigenvalue weighted by Gasteiger charge is 2.18. The zero-order valence-corrected chi connectivity index (χ0v) is 9.95. The molecule has 0 fully saturated rings. The normalized spacial score (nSPS) is 11.0. The summed E-state index contributed by atoms with van der Waals surface area (Å²) >= 11 is 5.94. The van der Waals surface area contributed by atoms with Gasteiger partial charge in [0.25, 0.3) is 0 Å². The number of benzene rings is 1. The molecule has 2 N–H and O–H groups in total. The average Bonchev–Trinajstić information content (AvgIpc) is 2.60. The summed E-state index contributed by atoms with van der Waals surface area (Å²) in [5, 5.41) is 4.66. The highest BCUT2D eigenvalue weighted by Crippen LogP contribution is 2.33. The van der Waals surface area contributed by atoms with E-state index in [9.17, 15) is 0 Å². The lowest BCUT2D eigenvalue weighted by molar-refractivity contribution is 0.438. The molecular weight excluding hydrogens is 224 g/mol. The Balaban J connectivity index is 2.56. The largest absolute Gasteiger partial charge is 0.367 e. The third-order valence-electron chi connectivity index (χ3n) is 2.43. The minimum Gasteiger partial charge on any atom is -0.367 e. The minimum atomic E-state index is 0.264. The summed E-state index contributed by atoms with van der Waals surface area (Å²) in [6.07, 6.45) is 0. The van der Waals surface area contributed by atoms with Crippen LogP contribution in [0.15, 0.2) is 28.8 Å². The maximum atomic E-state index is 5.94. The minimum absolute atomic E-state index is 0.264. The molecule has 4 heteroatoms. The fourth-order valence-corrected chi connectivity index (χ4v) is 1.90. The van der Waals surface area contributed by atoms with Crippen LogP contribution in [0.5, 0.6) is 0 Å². The molecule has 1 heterocycles. The van der Waals surface area contributed by atoms with Gasteiger partial charge in [0.15, 0.2) is 0 Å². The second-order valence-corrected chi connectivity index (χ2v) is 4.41. The number of halogens is 1. The first-order chi connectivity index (χ1) is 7.59. The van der Waals surface area contributed by atoms with E-state index in [2.05, 4.69) is 19.0 Å². The Labute approximate surface area is 99.2 Å². The number of nitrogen functional groups attached to an aromatic ring is 1. The predicted molar refractivity (Wildman–Crippen MR) is 65.5 cm³/mol. The van der Waals surface area contributed by atoms with Crippen LogP contribution in [0.25, 0.3) is 11.3 Å².